The number of carbonyl (C=O) groups excluding carboxylic acids is 1. The summed E-state index contributed by atoms with van der Waals surface area (Å²) in [7, 11) is 0. The summed E-state index contributed by atoms with van der Waals surface area (Å²) in [5.41, 5.74) is 0.837. The lowest BCUT2D eigenvalue weighted by Crippen LogP contribution is -2.33. The van der Waals surface area contributed by atoms with Crippen molar-refractivity contribution in [2.45, 2.75) is 6.92 Å². The van der Waals surface area contributed by atoms with Crippen molar-refractivity contribution >= 4 is 17.5 Å². The summed E-state index contributed by atoms with van der Waals surface area (Å²) in [6.07, 6.45) is 3.44. The van der Waals surface area contributed by atoms with Gasteiger partial charge in [0.25, 0.3) is 0 Å². The molecule has 3 rings (SSSR count). The van der Waals surface area contributed by atoms with Crippen LogP contribution in [0.15, 0.2) is 48.8 Å². The summed E-state index contributed by atoms with van der Waals surface area (Å²) >= 11 is 0. The number of urea groups is 1. The van der Waals surface area contributed by atoms with E-state index in [-0.39, 0.29) is 5.82 Å². The molecule has 0 spiro atoms. The second kappa shape index (κ2) is 8.06. The minimum absolute atomic E-state index is 0.360. The maximum absolute atomic E-state index is 13.4. The molecule has 0 aliphatic carbocycles. The Bertz CT molecular complexity index is 865. The van der Waals surface area contributed by atoms with Gasteiger partial charge in [-0.1, -0.05) is 6.07 Å². The fraction of sp³-hybridized carbons (Fsp3) is 0.176. The lowest BCUT2D eigenvalue weighted by Gasteiger charge is -2.11. The summed E-state index contributed by atoms with van der Waals surface area (Å²) in [6.45, 7) is 2.44. The van der Waals surface area contributed by atoms with E-state index in [9.17, 15) is 9.18 Å². The van der Waals surface area contributed by atoms with Crippen LogP contribution in [-0.4, -0.2) is 39.1 Å². The third-order valence-corrected chi connectivity index (χ3v) is 3.62. The number of nitrogens with one attached hydrogen (secondary N) is 3. The number of carbonyl (C=O) groups is 1. The molecular weight excluding hydrogens is 337 g/mol. The predicted molar refractivity (Wildman–Crippen MR) is 95.8 cm³/mol. The van der Waals surface area contributed by atoms with Crippen molar-refractivity contribution in [1.29, 1.82) is 0 Å². The third-order valence-electron chi connectivity index (χ3n) is 3.62. The smallest absolute Gasteiger partial charge is 0.319 e. The molecule has 2 heterocycles. The first-order valence-corrected chi connectivity index (χ1v) is 8.01. The van der Waals surface area contributed by atoms with Crippen molar-refractivity contribution in [3.8, 4) is 5.82 Å². The third kappa shape index (κ3) is 4.32. The molecule has 0 bridgehead atoms. The fourth-order valence-corrected chi connectivity index (χ4v) is 2.22. The molecule has 0 aliphatic rings. The first-order chi connectivity index (χ1) is 12.6. The van der Waals surface area contributed by atoms with Crippen molar-refractivity contribution in [2.24, 2.45) is 0 Å². The Hall–Kier alpha value is -3.49. The number of hydrogen-bond donors (Lipinski definition) is 3. The van der Waals surface area contributed by atoms with Crippen LogP contribution >= 0.6 is 0 Å². The van der Waals surface area contributed by atoms with Crippen LogP contribution in [0.25, 0.3) is 5.82 Å². The number of rotatable bonds is 6. The van der Waals surface area contributed by atoms with Crippen LogP contribution in [0, 0.1) is 12.7 Å². The average Bonchev–Trinajstić information content (AvgIpc) is 3.18. The first kappa shape index (κ1) is 17.3. The minimum atomic E-state index is -0.402. The highest BCUT2D eigenvalue weighted by molar-refractivity contribution is 5.90. The lowest BCUT2D eigenvalue weighted by atomic mass is 10.2. The molecule has 134 valence electrons. The zero-order valence-electron chi connectivity index (χ0n) is 14.1. The van der Waals surface area contributed by atoms with Crippen LogP contribution in [0.2, 0.25) is 0 Å². The maximum Gasteiger partial charge on any atom is 0.319 e. The number of nitrogens with zero attached hydrogens (tertiary/aromatic N) is 4. The van der Waals surface area contributed by atoms with Crippen LogP contribution in [0.1, 0.15) is 5.56 Å². The van der Waals surface area contributed by atoms with E-state index in [4.69, 9.17) is 0 Å². The number of halogens is 1. The average molecular weight is 355 g/mol. The quantitative estimate of drug-likeness (QED) is 0.590. The Kier molecular flexibility index (Phi) is 5.37. The second-order valence-electron chi connectivity index (χ2n) is 5.45. The largest absolute Gasteiger partial charge is 0.367 e. The molecule has 3 N–H and O–H groups in total. The van der Waals surface area contributed by atoms with Crippen LogP contribution in [0.3, 0.4) is 0 Å². The molecule has 26 heavy (non-hydrogen) atoms. The summed E-state index contributed by atoms with van der Waals surface area (Å²) < 4.78 is 15.1. The molecule has 0 radical (unpaired) electrons. The van der Waals surface area contributed by atoms with E-state index in [1.54, 1.807) is 54.3 Å². The molecule has 0 saturated carbocycles. The molecular formula is C17H18FN7O. The molecule has 0 saturated heterocycles. The van der Waals surface area contributed by atoms with E-state index in [2.05, 4.69) is 31.2 Å². The van der Waals surface area contributed by atoms with Crippen molar-refractivity contribution in [2.75, 3.05) is 23.7 Å². The Balaban J connectivity index is 1.42. The van der Waals surface area contributed by atoms with E-state index < -0.39 is 6.03 Å². The summed E-state index contributed by atoms with van der Waals surface area (Å²) in [5.74, 6) is 0.842. The van der Waals surface area contributed by atoms with Gasteiger partial charge in [-0.15, -0.1) is 10.2 Å². The van der Waals surface area contributed by atoms with E-state index in [0.717, 1.165) is 0 Å². The van der Waals surface area contributed by atoms with Crippen molar-refractivity contribution in [3.63, 3.8) is 0 Å². The Labute approximate surface area is 149 Å². The van der Waals surface area contributed by atoms with Gasteiger partial charge >= 0.3 is 6.03 Å². The van der Waals surface area contributed by atoms with Crippen molar-refractivity contribution in [3.05, 3.63) is 60.2 Å². The highest BCUT2D eigenvalue weighted by atomic mass is 19.1. The van der Waals surface area contributed by atoms with E-state index in [1.165, 1.54) is 6.07 Å². The van der Waals surface area contributed by atoms with E-state index >= 15 is 0 Å². The lowest BCUT2D eigenvalue weighted by molar-refractivity contribution is 0.252. The normalized spacial score (nSPS) is 10.4. The van der Waals surface area contributed by atoms with Gasteiger partial charge in [-0.2, -0.15) is 5.10 Å². The standard InChI is InChI=1S/C17H18FN7O/c1-12-13(18)4-2-5-14(12)22-17(26)20-10-9-19-15-6-7-16(24-23-15)25-11-3-8-21-25/h2-8,11H,9-10H2,1H3,(H,19,23)(H2,20,22,26). The SMILES string of the molecule is Cc1c(F)cccc1NC(=O)NCCNc1ccc(-n2cccn2)nn1. The van der Waals surface area contributed by atoms with Gasteiger partial charge in [-0.05, 0) is 37.3 Å². The van der Waals surface area contributed by atoms with Gasteiger partial charge in [-0.3, -0.25) is 0 Å². The van der Waals surface area contributed by atoms with Crippen LogP contribution in [0.5, 0.6) is 0 Å². The molecule has 8 nitrogen and oxygen atoms in total. The van der Waals surface area contributed by atoms with E-state index in [1.807, 2.05) is 0 Å². The zero-order chi connectivity index (χ0) is 18.4. The van der Waals surface area contributed by atoms with Crippen LogP contribution < -0.4 is 16.0 Å². The molecule has 9 heteroatoms. The Morgan fingerprint density at radius 3 is 2.77 bits per heavy atom. The monoisotopic (exact) mass is 355 g/mol. The predicted octanol–water partition coefficient (Wildman–Crippen LogP) is 2.34. The summed E-state index contributed by atoms with van der Waals surface area (Å²) in [4.78, 5) is 11.9. The topological polar surface area (TPSA) is 96.8 Å². The maximum atomic E-state index is 13.4. The van der Waals surface area contributed by atoms with Crippen molar-refractivity contribution in [1.82, 2.24) is 25.3 Å². The molecule has 0 unspecified atom stereocenters. The number of hydrogen-bond acceptors (Lipinski definition) is 5. The number of anilines is 2. The van der Waals surface area contributed by atoms with Crippen LogP contribution in [-0.2, 0) is 0 Å². The van der Waals surface area contributed by atoms with Gasteiger partial charge in [-0.25, -0.2) is 13.9 Å². The number of amides is 2. The highest BCUT2D eigenvalue weighted by Crippen LogP contribution is 2.16. The number of benzene rings is 1. The van der Waals surface area contributed by atoms with E-state index in [0.29, 0.717) is 36.0 Å². The Morgan fingerprint density at radius 2 is 2.04 bits per heavy atom. The molecule has 0 aliphatic heterocycles. The number of aromatic nitrogens is 4. The molecule has 1 aromatic carbocycles. The van der Waals surface area contributed by atoms with Gasteiger partial charge in [0.05, 0.1) is 0 Å². The molecule has 3 aromatic rings. The van der Waals surface area contributed by atoms with Gasteiger partial charge < -0.3 is 16.0 Å². The first-order valence-electron chi connectivity index (χ1n) is 8.01. The zero-order valence-corrected chi connectivity index (χ0v) is 14.1. The fourth-order valence-electron chi connectivity index (χ4n) is 2.22. The van der Waals surface area contributed by atoms with Gasteiger partial charge in [0, 0.05) is 36.7 Å². The van der Waals surface area contributed by atoms with Crippen LogP contribution in [0.4, 0.5) is 20.7 Å². The summed E-state index contributed by atoms with van der Waals surface area (Å²) in [5, 5.41) is 20.5. The molecule has 0 fully saturated rings. The van der Waals surface area contributed by atoms with Gasteiger partial charge in [0.15, 0.2) is 5.82 Å². The second-order valence-corrected chi connectivity index (χ2v) is 5.45. The van der Waals surface area contributed by atoms with Gasteiger partial charge in [0.2, 0.25) is 0 Å². The van der Waals surface area contributed by atoms with Crippen molar-refractivity contribution < 1.29 is 9.18 Å². The summed E-state index contributed by atoms with van der Waals surface area (Å²) in [6, 6.07) is 9.50. The molecule has 2 amide bonds. The van der Waals surface area contributed by atoms with Gasteiger partial charge in [0.1, 0.15) is 11.6 Å². The minimum Gasteiger partial charge on any atom is -0.367 e. The molecule has 2 aromatic heterocycles. The Morgan fingerprint density at radius 1 is 1.15 bits per heavy atom. The molecule has 0 atom stereocenters. The highest BCUT2D eigenvalue weighted by Gasteiger charge is 2.07.